The lowest BCUT2D eigenvalue weighted by Gasteiger charge is -2.55. The SMILES string of the molecule is C=CC1C2C(c3ccccc3-c3cccc[n+]32)C12Cc1ccc3c(oc4c3ccc3sc(C)c(C)c34)c1-c1cccc[n+]12. The van der Waals surface area contributed by atoms with E-state index in [0.717, 1.165) is 17.6 Å². The third kappa shape index (κ3) is 2.73. The standard InChI is InChI=1S/C39H30N2OS/c1-4-29-36-35(26-12-6-5-11-25(26)30-13-7-9-19-40(30)36)39(29)21-24-15-16-27-28-17-18-32-33(22(2)23(3)43-32)37(28)42-38(27)34(24)31-14-8-10-20-41(31)39/h4-20,29,35-36H,1,21H2,2-3H3/q+2. The molecule has 7 aromatic rings. The molecule has 1 aliphatic carbocycles. The van der Waals surface area contributed by atoms with Crippen LogP contribution < -0.4 is 9.13 Å². The molecule has 10 rings (SSSR count). The van der Waals surface area contributed by atoms with Gasteiger partial charge in [-0.1, -0.05) is 36.4 Å². The lowest BCUT2D eigenvalue weighted by atomic mass is 9.48. The molecule has 3 nitrogen and oxygen atoms in total. The first-order chi connectivity index (χ1) is 21.1. The van der Waals surface area contributed by atoms with Gasteiger partial charge in [-0.15, -0.1) is 17.9 Å². The molecule has 4 aromatic heterocycles. The first kappa shape index (κ1) is 24.0. The zero-order valence-corrected chi connectivity index (χ0v) is 25.0. The van der Waals surface area contributed by atoms with Crippen LogP contribution in [0.3, 0.4) is 0 Å². The van der Waals surface area contributed by atoms with E-state index in [1.807, 2.05) is 11.3 Å². The summed E-state index contributed by atoms with van der Waals surface area (Å²) in [7, 11) is 0. The minimum Gasteiger partial charge on any atom is -0.454 e. The minimum absolute atomic E-state index is 0.166. The molecule has 6 heterocycles. The van der Waals surface area contributed by atoms with Crippen molar-refractivity contribution in [2.24, 2.45) is 5.92 Å². The van der Waals surface area contributed by atoms with Gasteiger partial charge >= 0.3 is 0 Å². The van der Waals surface area contributed by atoms with Crippen molar-refractivity contribution >= 4 is 43.4 Å². The quantitative estimate of drug-likeness (QED) is 0.142. The first-order valence-electron chi connectivity index (χ1n) is 15.2. The highest BCUT2D eigenvalue weighted by Gasteiger charge is 2.75. The van der Waals surface area contributed by atoms with Gasteiger partial charge in [-0.05, 0) is 60.9 Å². The van der Waals surface area contributed by atoms with Crippen molar-refractivity contribution in [3.63, 3.8) is 0 Å². The summed E-state index contributed by atoms with van der Waals surface area (Å²) in [4.78, 5) is 1.36. The Balaban J connectivity index is 1.26. The second kappa shape index (κ2) is 8.09. The summed E-state index contributed by atoms with van der Waals surface area (Å²) in [5.41, 5.74) is 11.1. The highest BCUT2D eigenvalue weighted by molar-refractivity contribution is 7.19. The van der Waals surface area contributed by atoms with Gasteiger partial charge in [0.05, 0.1) is 11.1 Å². The molecular weight excluding hydrogens is 545 g/mol. The average molecular weight is 575 g/mol. The predicted octanol–water partition coefficient (Wildman–Crippen LogP) is 8.73. The van der Waals surface area contributed by atoms with Gasteiger partial charge < -0.3 is 4.42 Å². The average Bonchev–Trinajstić information content (AvgIpc) is 3.56. The zero-order valence-electron chi connectivity index (χ0n) is 24.2. The second-order valence-electron chi connectivity index (χ2n) is 12.6. The summed E-state index contributed by atoms with van der Waals surface area (Å²) in [6.45, 7) is 8.90. The molecule has 1 fully saturated rings. The number of hydrogen-bond donors (Lipinski definition) is 0. The molecule has 4 unspecified atom stereocenters. The van der Waals surface area contributed by atoms with Crippen LogP contribution in [0.15, 0.2) is 114 Å². The van der Waals surface area contributed by atoms with Crippen LogP contribution in [0.4, 0.5) is 0 Å². The summed E-state index contributed by atoms with van der Waals surface area (Å²) < 4.78 is 13.4. The number of fused-ring (bicyclic) bond motifs is 17. The lowest BCUT2D eigenvalue weighted by molar-refractivity contribution is -0.837. The van der Waals surface area contributed by atoms with E-state index in [1.165, 1.54) is 64.9 Å². The number of rotatable bonds is 1. The van der Waals surface area contributed by atoms with Gasteiger partial charge in [0, 0.05) is 56.4 Å². The fraction of sp³-hybridized carbons (Fsp3) is 0.179. The highest BCUT2D eigenvalue weighted by Crippen LogP contribution is 2.64. The summed E-state index contributed by atoms with van der Waals surface area (Å²) in [6, 6.07) is 31.9. The van der Waals surface area contributed by atoms with Crippen molar-refractivity contribution in [1.82, 2.24) is 0 Å². The third-order valence-electron chi connectivity index (χ3n) is 10.9. The fourth-order valence-corrected chi connectivity index (χ4v) is 10.2. The third-order valence-corrected chi connectivity index (χ3v) is 12.1. The Bertz CT molecular complexity index is 2360. The van der Waals surface area contributed by atoms with Crippen LogP contribution in [-0.4, -0.2) is 0 Å². The molecule has 2 aliphatic heterocycles. The van der Waals surface area contributed by atoms with Crippen LogP contribution in [0, 0.1) is 19.8 Å². The topological polar surface area (TPSA) is 20.9 Å². The van der Waals surface area contributed by atoms with Crippen molar-refractivity contribution in [2.75, 3.05) is 0 Å². The van der Waals surface area contributed by atoms with Gasteiger partial charge in [0.25, 0.3) is 0 Å². The van der Waals surface area contributed by atoms with E-state index in [0.29, 0.717) is 12.0 Å². The van der Waals surface area contributed by atoms with Crippen molar-refractivity contribution in [1.29, 1.82) is 0 Å². The Morgan fingerprint density at radius 3 is 2.51 bits per heavy atom. The Hall–Kier alpha value is -4.54. The van der Waals surface area contributed by atoms with E-state index in [9.17, 15) is 0 Å². The predicted molar refractivity (Wildman–Crippen MR) is 173 cm³/mol. The molecule has 1 saturated carbocycles. The Morgan fingerprint density at radius 2 is 1.63 bits per heavy atom. The zero-order chi connectivity index (χ0) is 28.6. The van der Waals surface area contributed by atoms with Crippen molar-refractivity contribution in [2.45, 2.75) is 37.8 Å². The highest BCUT2D eigenvalue weighted by atomic mass is 32.1. The van der Waals surface area contributed by atoms with E-state index in [1.54, 1.807) is 0 Å². The van der Waals surface area contributed by atoms with E-state index in [2.05, 4.69) is 133 Å². The molecule has 4 atom stereocenters. The van der Waals surface area contributed by atoms with Crippen molar-refractivity contribution in [3.8, 4) is 22.5 Å². The summed E-state index contributed by atoms with van der Waals surface area (Å²) >= 11 is 1.86. The number of furan rings is 1. The largest absolute Gasteiger partial charge is 0.454 e. The van der Waals surface area contributed by atoms with Gasteiger partial charge in [-0.25, -0.2) is 0 Å². The molecule has 0 radical (unpaired) electrons. The number of nitrogens with zero attached hydrogens (tertiary/aromatic N) is 2. The molecule has 1 spiro atoms. The maximum absolute atomic E-state index is 6.97. The molecule has 4 heteroatoms. The van der Waals surface area contributed by atoms with Gasteiger partial charge in [0.1, 0.15) is 23.0 Å². The summed E-state index contributed by atoms with van der Waals surface area (Å²) in [5.74, 6) is 0.576. The molecule has 3 aromatic carbocycles. The van der Waals surface area contributed by atoms with Crippen molar-refractivity contribution < 1.29 is 13.6 Å². The van der Waals surface area contributed by atoms with Crippen LogP contribution in [0.5, 0.6) is 0 Å². The number of aromatic nitrogens is 2. The van der Waals surface area contributed by atoms with Crippen LogP contribution in [-0.2, 0) is 12.0 Å². The number of pyridine rings is 2. The monoisotopic (exact) mass is 574 g/mol. The number of hydrogen-bond acceptors (Lipinski definition) is 2. The maximum atomic E-state index is 6.97. The van der Waals surface area contributed by atoms with Crippen LogP contribution >= 0.6 is 11.3 Å². The van der Waals surface area contributed by atoms with E-state index in [-0.39, 0.29) is 11.5 Å². The molecule has 0 bridgehead atoms. The van der Waals surface area contributed by atoms with Gasteiger partial charge in [0.2, 0.25) is 11.4 Å². The summed E-state index contributed by atoms with van der Waals surface area (Å²) in [5, 5.41) is 3.67. The van der Waals surface area contributed by atoms with Crippen molar-refractivity contribution in [3.05, 3.63) is 132 Å². The smallest absolute Gasteiger partial charge is 0.217 e. The molecule has 43 heavy (non-hydrogen) atoms. The van der Waals surface area contributed by atoms with E-state index >= 15 is 0 Å². The van der Waals surface area contributed by atoms with Gasteiger partial charge in [0.15, 0.2) is 24.0 Å². The Labute approximate surface area is 254 Å². The number of allylic oxidation sites excluding steroid dienone is 1. The molecular formula is C39H30N2OS+2. The lowest BCUT2D eigenvalue weighted by Crippen LogP contribution is -2.79. The minimum atomic E-state index is -0.166. The van der Waals surface area contributed by atoms with Gasteiger partial charge in [-0.3, -0.25) is 0 Å². The number of thiophene rings is 1. The molecule has 0 amide bonds. The normalized spacial score (nSPS) is 23.0. The fourth-order valence-electron chi connectivity index (χ4n) is 9.11. The Morgan fingerprint density at radius 1 is 0.860 bits per heavy atom. The first-order valence-corrected chi connectivity index (χ1v) is 16.0. The molecule has 0 N–H and O–H groups in total. The van der Waals surface area contributed by atoms with Crippen LogP contribution in [0.1, 0.15) is 33.5 Å². The Kier molecular flexibility index (Phi) is 4.51. The summed E-state index contributed by atoms with van der Waals surface area (Å²) in [6.07, 6.45) is 7.74. The van der Waals surface area contributed by atoms with E-state index < -0.39 is 0 Å². The number of aryl methyl sites for hydroxylation is 2. The molecule has 0 saturated heterocycles. The van der Waals surface area contributed by atoms with Crippen LogP contribution in [0.2, 0.25) is 0 Å². The van der Waals surface area contributed by atoms with E-state index in [4.69, 9.17) is 4.42 Å². The molecule has 206 valence electrons. The number of benzene rings is 3. The van der Waals surface area contributed by atoms with Gasteiger partial charge in [-0.2, -0.15) is 9.13 Å². The second-order valence-corrected chi connectivity index (χ2v) is 13.9. The maximum Gasteiger partial charge on any atom is 0.217 e. The molecule has 3 aliphatic rings. The van der Waals surface area contributed by atoms with Crippen LogP contribution in [0.25, 0.3) is 54.5 Å².